The summed E-state index contributed by atoms with van der Waals surface area (Å²) in [7, 11) is -3.72. The first-order chi connectivity index (χ1) is 9.70. The van der Waals surface area contributed by atoms with Crippen molar-refractivity contribution in [2.75, 3.05) is 10.5 Å². The minimum atomic E-state index is -3.72. The average Bonchev–Trinajstić information content (AvgIpc) is 2.37. The normalized spacial score (nSPS) is 11.4. The average molecular weight is 390 g/mol. The first kappa shape index (κ1) is 16.1. The van der Waals surface area contributed by atoms with Crippen molar-refractivity contribution in [2.24, 2.45) is 0 Å². The van der Waals surface area contributed by atoms with Crippen LogP contribution in [0.25, 0.3) is 0 Å². The van der Waals surface area contributed by atoms with Gasteiger partial charge in [-0.2, -0.15) is 0 Å². The van der Waals surface area contributed by atoms with Gasteiger partial charge >= 0.3 is 0 Å². The van der Waals surface area contributed by atoms with Gasteiger partial charge in [-0.3, -0.25) is 4.72 Å². The van der Waals surface area contributed by atoms with Gasteiger partial charge in [-0.15, -0.1) is 0 Å². The number of nitrogens with two attached hydrogens (primary N) is 1. The van der Waals surface area contributed by atoms with E-state index in [2.05, 4.69) is 20.7 Å². The summed E-state index contributed by atoms with van der Waals surface area (Å²) in [5.41, 5.74) is 7.98. The number of anilines is 2. The summed E-state index contributed by atoms with van der Waals surface area (Å²) in [4.78, 5) is 0.166. The Morgan fingerprint density at radius 2 is 1.86 bits per heavy atom. The molecule has 0 atom stereocenters. The maximum atomic E-state index is 12.5. The van der Waals surface area contributed by atoms with Crippen molar-refractivity contribution in [3.05, 3.63) is 51.0 Å². The third-order valence-electron chi connectivity index (χ3n) is 3.01. The van der Waals surface area contributed by atoms with E-state index < -0.39 is 10.0 Å². The van der Waals surface area contributed by atoms with Crippen LogP contribution in [0.1, 0.15) is 11.1 Å². The van der Waals surface area contributed by atoms with Gasteiger partial charge in [0.05, 0.1) is 15.6 Å². The lowest BCUT2D eigenvalue weighted by molar-refractivity contribution is 0.600. The largest absolute Gasteiger partial charge is 0.398 e. The van der Waals surface area contributed by atoms with Crippen molar-refractivity contribution in [1.29, 1.82) is 0 Å². The smallest absolute Gasteiger partial charge is 0.262 e. The lowest BCUT2D eigenvalue weighted by atomic mass is 10.1. The van der Waals surface area contributed by atoms with Crippen LogP contribution in [0.4, 0.5) is 11.4 Å². The number of nitrogen functional groups attached to an aromatic ring is 1. The minimum absolute atomic E-state index is 0.166. The van der Waals surface area contributed by atoms with E-state index in [0.29, 0.717) is 26.4 Å². The maximum absolute atomic E-state index is 12.5. The lowest BCUT2D eigenvalue weighted by Gasteiger charge is -2.13. The second kappa shape index (κ2) is 5.87. The van der Waals surface area contributed by atoms with Gasteiger partial charge in [0, 0.05) is 10.2 Å². The fraction of sp³-hybridized carbons (Fsp3) is 0.143. The second-order valence-electron chi connectivity index (χ2n) is 4.71. The maximum Gasteiger partial charge on any atom is 0.262 e. The molecule has 0 radical (unpaired) electrons. The van der Waals surface area contributed by atoms with Crippen molar-refractivity contribution in [2.45, 2.75) is 18.7 Å². The predicted octanol–water partition coefficient (Wildman–Crippen LogP) is 4.10. The Morgan fingerprint density at radius 3 is 2.48 bits per heavy atom. The number of nitrogens with one attached hydrogen (secondary N) is 1. The van der Waals surface area contributed by atoms with Crippen LogP contribution >= 0.6 is 27.5 Å². The molecule has 0 unspecified atom stereocenters. The van der Waals surface area contributed by atoms with E-state index >= 15 is 0 Å². The second-order valence-corrected chi connectivity index (χ2v) is 7.62. The third kappa shape index (κ3) is 3.51. The van der Waals surface area contributed by atoms with Crippen LogP contribution in [0.15, 0.2) is 39.7 Å². The predicted molar refractivity (Wildman–Crippen MR) is 90.3 cm³/mol. The molecule has 4 nitrogen and oxygen atoms in total. The molecule has 2 aromatic carbocycles. The number of halogens is 2. The molecule has 0 fully saturated rings. The van der Waals surface area contributed by atoms with Crippen molar-refractivity contribution < 1.29 is 8.42 Å². The molecular formula is C14H14BrClN2O2S. The van der Waals surface area contributed by atoms with E-state index in [1.807, 2.05) is 0 Å². The highest BCUT2D eigenvalue weighted by atomic mass is 79.9. The van der Waals surface area contributed by atoms with E-state index in [-0.39, 0.29) is 4.90 Å². The molecule has 2 rings (SSSR count). The van der Waals surface area contributed by atoms with Crippen LogP contribution in [0.2, 0.25) is 5.02 Å². The molecule has 3 N–H and O–H groups in total. The molecule has 0 saturated carbocycles. The lowest BCUT2D eigenvalue weighted by Crippen LogP contribution is -2.15. The Labute approximate surface area is 137 Å². The van der Waals surface area contributed by atoms with E-state index in [4.69, 9.17) is 17.3 Å². The number of rotatable bonds is 3. The molecule has 0 aliphatic carbocycles. The van der Waals surface area contributed by atoms with Crippen LogP contribution in [-0.2, 0) is 10.0 Å². The Balaban J connectivity index is 2.45. The molecule has 112 valence electrons. The van der Waals surface area contributed by atoms with Gasteiger partial charge in [0.1, 0.15) is 0 Å². The van der Waals surface area contributed by atoms with Gasteiger partial charge in [-0.05, 0) is 71.2 Å². The van der Waals surface area contributed by atoms with Crippen LogP contribution in [0.5, 0.6) is 0 Å². The highest BCUT2D eigenvalue weighted by molar-refractivity contribution is 9.10. The molecule has 0 bridgehead atoms. The molecular weight excluding hydrogens is 376 g/mol. The quantitative estimate of drug-likeness (QED) is 0.776. The number of aryl methyl sites for hydroxylation is 1. The summed E-state index contributed by atoms with van der Waals surface area (Å²) in [6.07, 6.45) is 0. The van der Waals surface area contributed by atoms with Gasteiger partial charge in [0.25, 0.3) is 10.0 Å². The molecule has 0 heterocycles. The molecule has 0 spiro atoms. The van der Waals surface area contributed by atoms with Gasteiger partial charge in [-0.1, -0.05) is 11.6 Å². The molecule has 0 aromatic heterocycles. The standard InChI is InChI=1S/C14H14BrClN2O2S/c1-8-5-13(17)9(2)14(6-8)21(19,20)18-10-3-4-11(15)12(16)7-10/h3-7,18H,17H2,1-2H3. The van der Waals surface area contributed by atoms with Crippen molar-refractivity contribution >= 4 is 48.9 Å². The summed E-state index contributed by atoms with van der Waals surface area (Å²) >= 11 is 9.23. The first-order valence-corrected chi connectivity index (χ1v) is 8.71. The first-order valence-electron chi connectivity index (χ1n) is 6.05. The Hall–Kier alpha value is -1.24. The van der Waals surface area contributed by atoms with E-state index in [1.54, 1.807) is 38.1 Å². The summed E-state index contributed by atoms with van der Waals surface area (Å²) in [5, 5.41) is 0.427. The van der Waals surface area contributed by atoms with Crippen molar-refractivity contribution in [3.63, 3.8) is 0 Å². The topological polar surface area (TPSA) is 72.2 Å². The molecule has 2 aromatic rings. The van der Waals surface area contributed by atoms with Crippen molar-refractivity contribution in [3.8, 4) is 0 Å². The van der Waals surface area contributed by atoms with Gasteiger partial charge in [0.2, 0.25) is 0 Å². The van der Waals surface area contributed by atoms with Gasteiger partial charge < -0.3 is 5.73 Å². The zero-order valence-electron chi connectivity index (χ0n) is 11.4. The summed E-state index contributed by atoms with van der Waals surface area (Å²) in [6.45, 7) is 3.48. The molecule has 21 heavy (non-hydrogen) atoms. The summed E-state index contributed by atoms with van der Waals surface area (Å²) < 4.78 is 28.2. The monoisotopic (exact) mass is 388 g/mol. The number of hydrogen-bond donors (Lipinski definition) is 2. The fourth-order valence-electron chi connectivity index (χ4n) is 1.90. The Bertz CT molecular complexity index is 807. The van der Waals surface area contributed by atoms with Gasteiger partial charge in [-0.25, -0.2) is 8.42 Å². The molecule has 0 amide bonds. The summed E-state index contributed by atoms with van der Waals surface area (Å²) in [6, 6.07) is 8.18. The van der Waals surface area contributed by atoms with Crippen molar-refractivity contribution in [1.82, 2.24) is 0 Å². The molecule has 7 heteroatoms. The SMILES string of the molecule is Cc1cc(N)c(C)c(S(=O)(=O)Nc2ccc(Br)c(Cl)c2)c1. The van der Waals surface area contributed by atoms with E-state index in [9.17, 15) is 8.42 Å². The Morgan fingerprint density at radius 1 is 1.19 bits per heavy atom. The minimum Gasteiger partial charge on any atom is -0.398 e. The van der Waals surface area contributed by atoms with Crippen LogP contribution in [-0.4, -0.2) is 8.42 Å². The van der Waals surface area contributed by atoms with Gasteiger partial charge in [0.15, 0.2) is 0 Å². The summed E-state index contributed by atoms with van der Waals surface area (Å²) in [5.74, 6) is 0. The number of benzene rings is 2. The van der Waals surface area contributed by atoms with E-state index in [1.165, 1.54) is 6.07 Å². The number of sulfonamides is 1. The highest BCUT2D eigenvalue weighted by Crippen LogP contribution is 2.28. The molecule has 0 aliphatic heterocycles. The number of hydrogen-bond acceptors (Lipinski definition) is 3. The molecule has 0 aliphatic rings. The third-order valence-corrected chi connectivity index (χ3v) is 5.75. The van der Waals surface area contributed by atoms with Crippen LogP contribution in [0.3, 0.4) is 0 Å². The zero-order chi connectivity index (χ0) is 15.8. The zero-order valence-corrected chi connectivity index (χ0v) is 14.6. The Kier molecular flexibility index (Phi) is 4.51. The van der Waals surface area contributed by atoms with Crippen LogP contribution < -0.4 is 10.5 Å². The highest BCUT2D eigenvalue weighted by Gasteiger charge is 2.19. The van der Waals surface area contributed by atoms with Crippen LogP contribution in [0, 0.1) is 13.8 Å². The fourth-order valence-corrected chi connectivity index (χ4v) is 3.74. The molecule has 0 saturated heterocycles. The van der Waals surface area contributed by atoms with E-state index in [0.717, 1.165) is 5.56 Å².